The summed E-state index contributed by atoms with van der Waals surface area (Å²) < 4.78 is 7.85. The summed E-state index contributed by atoms with van der Waals surface area (Å²) in [6.07, 6.45) is 4.85. The highest BCUT2D eigenvalue weighted by molar-refractivity contribution is 7.22. The number of anilines is 1. The molecule has 0 atom stereocenters. The van der Waals surface area contributed by atoms with Gasteiger partial charge in [-0.3, -0.25) is 15.1 Å². The lowest BCUT2D eigenvalue weighted by molar-refractivity contribution is -0.119. The number of pyridine rings is 1. The van der Waals surface area contributed by atoms with Gasteiger partial charge in [-0.15, -0.1) is 0 Å². The molecular weight excluding hydrogens is 438 g/mol. The van der Waals surface area contributed by atoms with Gasteiger partial charge in [-0.05, 0) is 36.4 Å². The molecule has 0 unspecified atom stereocenters. The predicted octanol–water partition coefficient (Wildman–Crippen LogP) is 4.34. The second-order valence-corrected chi connectivity index (χ2v) is 8.05. The van der Waals surface area contributed by atoms with E-state index in [1.54, 1.807) is 35.4 Å². The third-order valence-electron chi connectivity index (χ3n) is 4.76. The highest BCUT2D eigenvalue weighted by atomic mass is 32.1. The van der Waals surface area contributed by atoms with E-state index in [-0.39, 0.29) is 5.56 Å². The van der Waals surface area contributed by atoms with E-state index in [1.807, 2.05) is 54.6 Å². The first-order valence-electron chi connectivity index (χ1n) is 10.1. The maximum Gasteiger partial charge on any atom is 0.342 e. The third-order valence-corrected chi connectivity index (χ3v) is 5.72. The van der Waals surface area contributed by atoms with Crippen LogP contribution in [0.5, 0.6) is 0 Å². The molecule has 0 saturated carbocycles. The molecule has 9 heteroatoms. The van der Waals surface area contributed by atoms with Crippen LogP contribution in [0.1, 0.15) is 10.4 Å². The van der Waals surface area contributed by atoms with Crippen LogP contribution < -0.4 is 5.32 Å². The van der Waals surface area contributed by atoms with Gasteiger partial charge >= 0.3 is 5.97 Å². The van der Waals surface area contributed by atoms with Crippen LogP contribution in [-0.2, 0) is 9.53 Å². The van der Waals surface area contributed by atoms with Gasteiger partial charge in [0.1, 0.15) is 11.3 Å². The van der Waals surface area contributed by atoms with Crippen molar-refractivity contribution in [2.75, 3.05) is 11.9 Å². The van der Waals surface area contributed by atoms with E-state index in [2.05, 4.69) is 20.4 Å². The second-order valence-electron chi connectivity index (χ2n) is 7.02. The van der Waals surface area contributed by atoms with Crippen LogP contribution in [-0.4, -0.2) is 38.2 Å². The van der Waals surface area contributed by atoms with Crippen LogP contribution in [0.15, 0.2) is 85.3 Å². The Morgan fingerprint density at radius 2 is 1.82 bits per heavy atom. The Morgan fingerprint density at radius 3 is 2.61 bits per heavy atom. The molecule has 5 rings (SSSR count). The fraction of sp³-hybridized carbons (Fsp3) is 0.0417. The van der Waals surface area contributed by atoms with Gasteiger partial charge in [0.05, 0.1) is 15.9 Å². The lowest BCUT2D eigenvalue weighted by atomic mass is 10.1. The average molecular weight is 455 g/mol. The zero-order chi connectivity index (χ0) is 22.6. The van der Waals surface area contributed by atoms with Crippen molar-refractivity contribution in [3.05, 3.63) is 90.9 Å². The van der Waals surface area contributed by atoms with Crippen molar-refractivity contribution < 1.29 is 14.3 Å². The average Bonchev–Trinajstić information content (AvgIpc) is 3.48. The summed E-state index contributed by atoms with van der Waals surface area (Å²) in [4.78, 5) is 33.7. The number of benzene rings is 2. The van der Waals surface area contributed by atoms with Crippen molar-refractivity contribution >= 4 is 38.6 Å². The summed E-state index contributed by atoms with van der Waals surface area (Å²) in [5.74, 6) is -1.13. The molecule has 5 aromatic rings. The number of carbonyl (C=O) groups is 2. The zero-order valence-electron chi connectivity index (χ0n) is 17.2. The fourth-order valence-corrected chi connectivity index (χ4v) is 4.12. The van der Waals surface area contributed by atoms with E-state index < -0.39 is 18.5 Å². The van der Waals surface area contributed by atoms with E-state index in [0.29, 0.717) is 16.4 Å². The molecule has 1 N–H and O–H groups in total. The van der Waals surface area contributed by atoms with Crippen molar-refractivity contribution in [2.45, 2.75) is 0 Å². The summed E-state index contributed by atoms with van der Waals surface area (Å²) in [5, 5.41) is 7.68. The molecular formula is C24H17N5O3S. The zero-order valence-corrected chi connectivity index (χ0v) is 18.0. The maximum atomic E-state index is 12.9. The first-order valence-corrected chi connectivity index (χ1v) is 10.9. The summed E-state index contributed by atoms with van der Waals surface area (Å²) >= 11 is 1.35. The van der Waals surface area contributed by atoms with Crippen LogP contribution >= 0.6 is 11.3 Å². The molecule has 33 heavy (non-hydrogen) atoms. The van der Waals surface area contributed by atoms with Crippen LogP contribution in [0.4, 0.5) is 5.13 Å². The number of aromatic nitrogens is 4. The molecule has 162 valence electrons. The number of thiazole rings is 1. The van der Waals surface area contributed by atoms with Crippen LogP contribution in [0.2, 0.25) is 0 Å². The summed E-state index contributed by atoms with van der Waals surface area (Å²) in [6, 6.07) is 20.6. The van der Waals surface area contributed by atoms with Gasteiger partial charge in [-0.2, -0.15) is 5.10 Å². The van der Waals surface area contributed by atoms with E-state index in [1.165, 1.54) is 11.3 Å². The Balaban J connectivity index is 1.34. The molecule has 3 aromatic heterocycles. The Labute approximate surface area is 192 Å². The second kappa shape index (κ2) is 9.01. The molecule has 0 fully saturated rings. The lowest BCUT2D eigenvalue weighted by Crippen LogP contribution is -2.21. The molecule has 0 spiro atoms. The first-order chi connectivity index (χ1) is 16.2. The number of hydrogen-bond acceptors (Lipinski definition) is 7. The van der Waals surface area contributed by atoms with Gasteiger partial charge < -0.3 is 4.74 Å². The minimum absolute atomic E-state index is 0.236. The number of nitrogens with zero attached hydrogens (tertiary/aromatic N) is 4. The van der Waals surface area contributed by atoms with Crippen molar-refractivity contribution in [3.63, 3.8) is 0 Å². The van der Waals surface area contributed by atoms with Gasteiger partial charge in [0.2, 0.25) is 0 Å². The van der Waals surface area contributed by atoms with E-state index in [9.17, 15) is 9.59 Å². The Bertz CT molecular complexity index is 1400. The fourth-order valence-electron chi connectivity index (χ4n) is 3.24. The summed E-state index contributed by atoms with van der Waals surface area (Å²) in [5.41, 5.74) is 2.90. The lowest BCUT2D eigenvalue weighted by Gasteiger charge is -2.05. The number of esters is 1. The first kappa shape index (κ1) is 20.5. The van der Waals surface area contributed by atoms with Crippen molar-refractivity contribution in [2.24, 2.45) is 0 Å². The minimum atomic E-state index is -0.657. The van der Waals surface area contributed by atoms with Crippen LogP contribution in [0, 0.1) is 0 Å². The third kappa shape index (κ3) is 4.48. The Hall–Kier alpha value is -4.37. The molecule has 2 aromatic carbocycles. The normalized spacial score (nSPS) is 10.8. The highest BCUT2D eigenvalue weighted by Gasteiger charge is 2.21. The maximum absolute atomic E-state index is 12.9. The van der Waals surface area contributed by atoms with Gasteiger partial charge in [0.15, 0.2) is 11.7 Å². The summed E-state index contributed by atoms with van der Waals surface area (Å²) in [6.45, 7) is -0.447. The molecule has 0 bridgehead atoms. The minimum Gasteiger partial charge on any atom is -0.452 e. The van der Waals surface area contributed by atoms with Gasteiger partial charge in [-0.25, -0.2) is 14.5 Å². The van der Waals surface area contributed by atoms with Crippen LogP contribution in [0.3, 0.4) is 0 Å². The summed E-state index contributed by atoms with van der Waals surface area (Å²) in [7, 11) is 0. The number of para-hydroxylation sites is 2. The number of amides is 1. The molecule has 0 aliphatic heterocycles. The predicted molar refractivity (Wildman–Crippen MR) is 125 cm³/mol. The monoisotopic (exact) mass is 455 g/mol. The molecule has 1 amide bonds. The number of ether oxygens (including phenoxy) is 1. The number of carbonyl (C=O) groups excluding carboxylic acids is 2. The standard InChI is InChI=1S/C24H17N5O3S/c30-21(27-24-26-19-10-4-5-11-20(19)33-24)15-32-23(31)18-14-29(17-8-2-1-3-9-17)28-22(18)16-7-6-12-25-13-16/h1-14H,15H2,(H,26,27,30). The van der Waals surface area contributed by atoms with Crippen molar-refractivity contribution in [1.82, 2.24) is 19.7 Å². The smallest absolute Gasteiger partial charge is 0.342 e. The number of rotatable bonds is 6. The topological polar surface area (TPSA) is 99.0 Å². The molecule has 0 aliphatic carbocycles. The van der Waals surface area contributed by atoms with E-state index in [0.717, 1.165) is 15.9 Å². The molecule has 8 nitrogen and oxygen atoms in total. The largest absolute Gasteiger partial charge is 0.452 e. The van der Waals surface area contributed by atoms with Crippen molar-refractivity contribution in [1.29, 1.82) is 0 Å². The van der Waals surface area contributed by atoms with Gasteiger partial charge in [0, 0.05) is 24.2 Å². The quantitative estimate of drug-likeness (QED) is 0.383. The molecule has 3 heterocycles. The molecule has 0 radical (unpaired) electrons. The molecule has 0 saturated heterocycles. The Kier molecular flexibility index (Phi) is 5.61. The number of hydrogen-bond donors (Lipinski definition) is 1. The SMILES string of the molecule is O=C(COC(=O)c1cn(-c2ccccc2)nc1-c1cccnc1)Nc1nc2ccccc2s1. The highest BCUT2D eigenvalue weighted by Crippen LogP contribution is 2.26. The number of nitrogens with one attached hydrogen (secondary N) is 1. The van der Waals surface area contributed by atoms with Gasteiger partial charge in [0.25, 0.3) is 5.91 Å². The van der Waals surface area contributed by atoms with Crippen LogP contribution in [0.25, 0.3) is 27.2 Å². The Morgan fingerprint density at radius 1 is 1.00 bits per heavy atom. The van der Waals surface area contributed by atoms with E-state index >= 15 is 0 Å². The van der Waals surface area contributed by atoms with E-state index in [4.69, 9.17) is 4.74 Å². The number of fused-ring (bicyclic) bond motifs is 1. The molecule has 0 aliphatic rings. The van der Waals surface area contributed by atoms with Gasteiger partial charge in [-0.1, -0.05) is 41.7 Å². The van der Waals surface area contributed by atoms with Crippen molar-refractivity contribution in [3.8, 4) is 16.9 Å².